The zero-order chi connectivity index (χ0) is 12.3. The van der Waals surface area contributed by atoms with E-state index in [1.54, 1.807) is 18.3 Å². The maximum Gasteiger partial charge on any atom is 2.00 e. The molecule has 0 aliphatic carbocycles. The molecular formula is C14H23NV5. The van der Waals surface area contributed by atoms with Crippen LogP contribution in [0.4, 0.5) is 0 Å². The average Bonchev–Trinajstić information content (AvgIpc) is 2.03. The smallest absolute Gasteiger partial charge is 0.323 e. The van der Waals surface area contributed by atoms with Gasteiger partial charge in [0.05, 0.1) is 0 Å². The number of pyridine rings is 1. The van der Waals surface area contributed by atoms with E-state index in [-0.39, 0.29) is 92.8 Å². The quantitative estimate of drug-likeness (QED) is 0.527. The van der Waals surface area contributed by atoms with E-state index in [0.29, 0.717) is 0 Å². The average molecular weight is 460 g/mol. The molecule has 0 bridgehead atoms. The molecule has 1 heterocycles. The van der Waals surface area contributed by atoms with Crippen molar-refractivity contribution in [2.24, 2.45) is 0 Å². The standard InChI is InChI=1S/C6H5N.2C4H9.5V/c1-6-4-2-3-5-7-6;2*1-4(2)3;;;;;/h2,4-5H,1H2;2*1-3H3;;;;;/q-2;2*-1;;;;2*+2. The third-order valence-corrected chi connectivity index (χ3v) is 0.677. The zero-order valence-corrected chi connectivity index (χ0v) is 20.1. The molecule has 0 saturated carbocycles. The van der Waals surface area contributed by atoms with Crippen LogP contribution in [0.2, 0.25) is 0 Å². The maximum absolute atomic E-state index is 3.81. The first-order valence-corrected chi connectivity index (χ1v) is 5.03. The fourth-order valence-electron chi connectivity index (χ4n) is 0.351. The van der Waals surface area contributed by atoms with Gasteiger partial charge in [0, 0.05) is 55.7 Å². The van der Waals surface area contributed by atoms with Gasteiger partial charge in [0.2, 0.25) is 0 Å². The molecule has 1 rings (SSSR count). The summed E-state index contributed by atoms with van der Waals surface area (Å²) in [7, 11) is 0. The first-order chi connectivity index (χ1) is 6.86. The van der Waals surface area contributed by atoms with Gasteiger partial charge in [0.1, 0.15) is 0 Å². The molecule has 0 N–H and O–H groups in total. The van der Waals surface area contributed by atoms with Gasteiger partial charge in [0.15, 0.2) is 0 Å². The van der Waals surface area contributed by atoms with Crippen molar-refractivity contribution in [3.63, 3.8) is 0 Å². The second kappa shape index (κ2) is 32.8. The Labute approximate surface area is 186 Å². The van der Waals surface area contributed by atoms with E-state index in [4.69, 9.17) is 0 Å². The molecular weight excluding hydrogens is 437 g/mol. The van der Waals surface area contributed by atoms with Crippen molar-refractivity contribution in [3.05, 3.63) is 48.8 Å². The molecule has 0 amide bonds. The SMILES string of the molecule is C[C-](C)C.C[C-](C)C.[CH2-]c1cc[c-]cn1.[V+2].[V+2].[V].[V].[V]. The van der Waals surface area contributed by atoms with Gasteiger partial charge in [-0.1, -0.05) is 6.20 Å². The molecule has 0 unspecified atom stereocenters. The Morgan fingerprint density at radius 1 is 0.900 bits per heavy atom. The fraction of sp³-hybridized carbons (Fsp3) is 0.429. The van der Waals surface area contributed by atoms with E-state index < -0.39 is 0 Å². The van der Waals surface area contributed by atoms with Crippen LogP contribution in [0.5, 0.6) is 0 Å². The Bertz CT molecular complexity index is 207. The summed E-state index contributed by atoms with van der Waals surface area (Å²) in [6.07, 6.45) is 1.60. The molecule has 0 aliphatic heterocycles. The van der Waals surface area contributed by atoms with Crippen LogP contribution >= 0.6 is 0 Å². The Balaban J connectivity index is -0.0000000237. The number of hydrogen-bond acceptors (Lipinski definition) is 1. The molecule has 1 aromatic rings. The predicted octanol–water partition coefficient (Wildman–Crippen LogP) is 4.29. The van der Waals surface area contributed by atoms with Crippen LogP contribution in [0.3, 0.4) is 0 Å². The van der Waals surface area contributed by atoms with E-state index in [9.17, 15) is 0 Å². The third kappa shape index (κ3) is 72.4. The van der Waals surface area contributed by atoms with E-state index >= 15 is 0 Å². The number of rotatable bonds is 0. The van der Waals surface area contributed by atoms with E-state index in [1.807, 2.05) is 0 Å². The first-order valence-electron chi connectivity index (χ1n) is 5.03. The fourth-order valence-corrected chi connectivity index (χ4v) is 0.351. The van der Waals surface area contributed by atoms with Crippen molar-refractivity contribution in [3.8, 4) is 0 Å². The van der Waals surface area contributed by atoms with Crippen molar-refractivity contribution in [1.82, 2.24) is 4.98 Å². The van der Waals surface area contributed by atoms with Crippen LogP contribution in [0.15, 0.2) is 18.3 Å². The Morgan fingerprint density at radius 3 is 1.30 bits per heavy atom. The molecule has 0 aromatic carbocycles. The minimum Gasteiger partial charge on any atom is -0.323 e. The molecule has 1 nitrogen and oxygen atoms in total. The molecule has 1 aromatic heterocycles. The van der Waals surface area contributed by atoms with Crippen LogP contribution < -0.4 is 0 Å². The largest absolute Gasteiger partial charge is 2.00 e. The van der Waals surface area contributed by atoms with Gasteiger partial charge in [-0.3, -0.25) is 0 Å². The van der Waals surface area contributed by atoms with E-state index in [0.717, 1.165) is 5.69 Å². The van der Waals surface area contributed by atoms with Crippen LogP contribution in [0.1, 0.15) is 47.2 Å². The second-order valence-electron chi connectivity index (χ2n) is 4.25. The Hall–Kier alpha value is 1.94. The summed E-state index contributed by atoms with van der Waals surface area (Å²) in [5.41, 5.74) is 0.791. The summed E-state index contributed by atoms with van der Waals surface area (Å²) in [4.78, 5) is 3.81. The summed E-state index contributed by atoms with van der Waals surface area (Å²) in [5.74, 6) is 2.83. The Morgan fingerprint density at radius 2 is 1.20 bits per heavy atom. The van der Waals surface area contributed by atoms with Crippen molar-refractivity contribution in [1.29, 1.82) is 0 Å². The third-order valence-electron chi connectivity index (χ3n) is 0.677. The van der Waals surface area contributed by atoms with Crippen LogP contribution in [-0.2, 0) is 92.8 Å². The topological polar surface area (TPSA) is 12.9 Å². The number of hydrogen-bond donors (Lipinski definition) is 0. The molecule has 0 atom stereocenters. The zero-order valence-electron chi connectivity index (χ0n) is 13.1. The summed E-state index contributed by atoms with van der Waals surface area (Å²) in [6.45, 7) is 16.1. The first kappa shape index (κ1) is 43.1. The molecule has 109 valence electrons. The monoisotopic (exact) mass is 460 g/mol. The maximum atomic E-state index is 3.81. The van der Waals surface area contributed by atoms with Crippen LogP contribution in [-0.4, -0.2) is 4.98 Å². The van der Waals surface area contributed by atoms with Crippen LogP contribution in [0.25, 0.3) is 0 Å². The van der Waals surface area contributed by atoms with Gasteiger partial charge in [0.25, 0.3) is 0 Å². The molecule has 0 fully saturated rings. The molecule has 0 aliphatic rings. The Kier molecular flexibility index (Phi) is 70.6. The minimum atomic E-state index is 0. The summed E-state index contributed by atoms with van der Waals surface area (Å²) in [5, 5.41) is 0. The van der Waals surface area contributed by atoms with Gasteiger partial charge >= 0.3 is 37.1 Å². The van der Waals surface area contributed by atoms with Gasteiger partial charge < -0.3 is 16.8 Å². The minimum absolute atomic E-state index is 0. The number of nitrogens with zero attached hydrogens (tertiary/aromatic N) is 1. The predicted molar refractivity (Wildman–Crippen MR) is 68.1 cm³/mol. The summed E-state index contributed by atoms with van der Waals surface area (Å²) < 4.78 is 0. The van der Waals surface area contributed by atoms with Gasteiger partial charge in [-0.2, -0.15) is 41.5 Å². The number of aromatic nitrogens is 1. The second-order valence-corrected chi connectivity index (χ2v) is 4.25. The summed E-state index contributed by atoms with van der Waals surface area (Å²) in [6, 6.07) is 6.37. The molecule has 20 heavy (non-hydrogen) atoms. The van der Waals surface area contributed by atoms with Crippen molar-refractivity contribution < 1.29 is 92.8 Å². The van der Waals surface area contributed by atoms with E-state index in [2.05, 4.69) is 59.5 Å². The molecule has 5 radical (unpaired) electrons. The molecule has 6 heteroatoms. The van der Waals surface area contributed by atoms with Crippen molar-refractivity contribution in [2.45, 2.75) is 41.5 Å². The van der Waals surface area contributed by atoms with E-state index in [1.165, 1.54) is 11.8 Å². The normalized spacial score (nSPS) is 6.60. The molecule has 0 spiro atoms. The van der Waals surface area contributed by atoms with Crippen LogP contribution in [0, 0.1) is 24.8 Å². The summed E-state index contributed by atoms with van der Waals surface area (Å²) >= 11 is 0. The van der Waals surface area contributed by atoms with Crippen molar-refractivity contribution >= 4 is 0 Å². The van der Waals surface area contributed by atoms with Gasteiger partial charge in [-0.25, -0.2) is 25.1 Å². The van der Waals surface area contributed by atoms with Gasteiger partial charge in [-0.05, 0) is 0 Å². The van der Waals surface area contributed by atoms with Gasteiger partial charge in [-0.15, -0.1) is 5.69 Å². The van der Waals surface area contributed by atoms with Crippen molar-refractivity contribution in [2.75, 3.05) is 0 Å². The molecule has 0 saturated heterocycles.